The molecule has 0 spiro atoms. The summed E-state index contributed by atoms with van der Waals surface area (Å²) < 4.78 is 14.5. The van der Waals surface area contributed by atoms with Crippen molar-refractivity contribution in [3.8, 4) is 22.9 Å². The van der Waals surface area contributed by atoms with Gasteiger partial charge in [0, 0.05) is 43.5 Å². The van der Waals surface area contributed by atoms with Crippen molar-refractivity contribution in [3.63, 3.8) is 0 Å². The third-order valence-electron chi connectivity index (χ3n) is 6.25. The molecule has 188 valence electrons. The van der Waals surface area contributed by atoms with Crippen LogP contribution in [-0.4, -0.2) is 28.3 Å². The fourth-order valence-electron chi connectivity index (χ4n) is 4.33. The summed E-state index contributed by atoms with van der Waals surface area (Å²) in [6, 6.07) is 18.2. The molecule has 0 radical (unpaired) electrons. The normalized spacial score (nSPS) is 10.9. The predicted molar refractivity (Wildman–Crippen MR) is 143 cm³/mol. The first-order chi connectivity index (χ1) is 17.5. The maximum absolute atomic E-state index is 14.0. The Bertz CT molecular complexity index is 1450. The second-order valence-corrected chi connectivity index (χ2v) is 8.60. The molecule has 0 bridgehead atoms. The Morgan fingerprint density at radius 1 is 0.917 bits per heavy atom. The van der Waals surface area contributed by atoms with E-state index in [1.807, 2.05) is 55.5 Å². The SMILES string of the molecule is CCCCc1nc(C)c(Cc2ccc(-n3ccccc3=O)cc2)c(=O)n1-c1c(OC)cccc1OC.[HH]. The number of rotatable bonds is 9. The van der Waals surface area contributed by atoms with Crippen LogP contribution in [0.25, 0.3) is 11.4 Å². The third kappa shape index (κ3) is 4.96. The van der Waals surface area contributed by atoms with Gasteiger partial charge in [-0.15, -0.1) is 0 Å². The van der Waals surface area contributed by atoms with Crippen LogP contribution in [0, 0.1) is 6.92 Å². The van der Waals surface area contributed by atoms with E-state index in [4.69, 9.17) is 14.5 Å². The van der Waals surface area contributed by atoms with Gasteiger partial charge in [-0.05, 0) is 49.2 Å². The van der Waals surface area contributed by atoms with E-state index in [1.54, 1.807) is 35.6 Å². The lowest BCUT2D eigenvalue weighted by Gasteiger charge is -2.20. The summed E-state index contributed by atoms with van der Waals surface area (Å²) in [5.74, 6) is 1.77. The van der Waals surface area contributed by atoms with E-state index in [1.165, 1.54) is 6.07 Å². The van der Waals surface area contributed by atoms with Crippen LogP contribution in [0.15, 0.2) is 76.4 Å². The molecule has 0 saturated carbocycles. The van der Waals surface area contributed by atoms with Crippen molar-refractivity contribution in [1.29, 1.82) is 0 Å². The highest BCUT2D eigenvalue weighted by Crippen LogP contribution is 2.32. The van der Waals surface area contributed by atoms with Crippen molar-refractivity contribution in [3.05, 3.63) is 110 Å². The van der Waals surface area contributed by atoms with E-state index >= 15 is 0 Å². The van der Waals surface area contributed by atoms with Crippen LogP contribution in [0.3, 0.4) is 0 Å². The summed E-state index contributed by atoms with van der Waals surface area (Å²) >= 11 is 0. The highest BCUT2D eigenvalue weighted by Gasteiger charge is 2.21. The fourth-order valence-corrected chi connectivity index (χ4v) is 4.33. The smallest absolute Gasteiger partial charge is 0.262 e. The molecule has 0 amide bonds. The molecule has 0 aliphatic carbocycles. The number of benzene rings is 2. The lowest BCUT2D eigenvalue weighted by atomic mass is 10.0. The van der Waals surface area contributed by atoms with E-state index in [9.17, 15) is 9.59 Å². The average Bonchev–Trinajstić information content (AvgIpc) is 2.90. The number of nitrogens with zero attached hydrogens (tertiary/aromatic N) is 3. The van der Waals surface area contributed by atoms with Crippen LogP contribution < -0.4 is 20.6 Å². The summed E-state index contributed by atoms with van der Waals surface area (Å²) in [5.41, 5.74) is 3.36. The first-order valence-corrected chi connectivity index (χ1v) is 12.1. The highest BCUT2D eigenvalue weighted by molar-refractivity contribution is 5.58. The molecule has 2 aromatic heterocycles. The Labute approximate surface area is 212 Å². The molecule has 0 N–H and O–H groups in total. The molecule has 4 rings (SSSR count). The summed E-state index contributed by atoms with van der Waals surface area (Å²) in [7, 11) is 3.16. The molecule has 36 heavy (non-hydrogen) atoms. The van der Waals surface area contributed by atoms with Gasteiger partial charge in [0.15, 0.2) is 0 Å². The number of aryl methyl sites for hydroxylation is 2. The number of ether oxygens (including phenoxy) is 2. The van der Waals surface area contributed by atoms with Crippen LogP contribution in [0.2, 0.25) is 0 Å². The second kappa shape index (κ2) is 11.1. The molecule has 4 aromatic rings. The standard InChI is InChI=1S/C29H31N3O4.H2/c1-5-6-12-26-30-20(2)23(29(34)32(26)28-24(35-3)10-9-11-25(28)36-4)19-21-14-16-22(17-15-21)31-18-8-7-13-27(31)33;/h7-11,13-18H,5-6,12,19H2,1-4H3;1H. The zero-order valence-corrected chi connectivity index (χ0v) is 21.2. The largest absolute Gasteiger partial charge is 0.494 e. The van der Waals surface area contributed by atoms with Gasteiger partial charge in [-0.3, -0.25) is 18.7 Å². The number of unbranched alkanes of at least 4 members (excludes halogenated alkanes) is 1. The first-order valence-electron chi connectivity index (χ1n) is 12.1. The van der Waals surface area contributed by atoms with Gasteiger partial charge in [-0.1, -0.05) is 37.6 Å². The van der Waals surface area contributed by atoms with Gasteiger partial charge < -0.3 is 9.47 Å². The maximum Gasteiger partial charge on any atom is 0.262 e. The van der Waals surface area contributed by atoms with Gasteiger partial charge in [-0.25, -0.2) is 4.98 Å². The van der Waals surface area contributed by atoms with Crippen molar-refractivity contribution in [1.82, 2.24) is 14.1 Å². The van der Waals surface area contributed by atoms with Crippen LogP contribution in [-0.2, 0) is 12.8 Å². The molecular formula is C29H33N3O4. The quantitative estimate of drug-likeness (QED) is 0.336. The zero-order valence-electron chi connectivity index (χ0n) is 21.2. The number of aromatic nitrogens is 3. The minimum absolute atomic E-state index is 0. The molecule has 7 heteroatoms. The Balaban J connectivity index is 0.00000380. The Kier molecular flexibility index (Phi) is 7.68. The lowest BCUT2D eigenvalue weighted by molar-refractivity contribution is 0.389. The monoisotopic (exact) mass is 487 g/mol. The molecule has 0 aliphatic rings. The molecule has 0 unspecified atom stereocenters. The van der Waals surface area contributed by atoms with Crippen molar-refractivity contribution in [2.45, 2.75) is 39.5 Å². The van der Waals surface area contributed by atoms with Crippen LogP contribution in [0.1, 0.15) is 43.8 Å². The van der Waals surface area contributed by atoms with Crippen LogP contribution in [0.4, 0.5) is 0 Å². The van der Waals surface area contributed by atoms with Gasteiger partial charge in [-0.2, -0.15) is 0 Å². The molecular weight excluding hydrogens is 454 g/mol. The van der Waals surface area contributed by atoms with E-state index in [2.05, 4.69) is 6.92 Å². The maximum atomic E-state index is 14.0. The molecule has 0 fully saturated rings. The minimum atomic E-state index is -0.139. The minimum Gasteiger partial charge on any atom is -0.494 e. The Morgan fingerprint density at radius 3 is 2.22 bits per heavy atom. The molecule has 2 aromatic carbocycles. The fraction of sp³-hybridized carbons (Fsp3) is 0.276. The third-order valence-corrected chi connectivity index (χ3v) is 6.25. The number of hydrogen-bond acceptors (Lipinski definition) is 5. The van der Waals surface area contributed by atoms with Crippen molar-refractivity contribution in [2.75, 3.05) is 14.2 Å². The predicted octanol–water partition coefficient (Wildman–Crippen LogP) is 4.89. The van der Waals surface area contributed by atoms with Crippen LogP contribution >= 0.6 is 0 Å². The Hall–Kier alpha value is -4.13. The highest BCUT2D eigenvalue weighted by atomic mass is 16.5. The number of pyridine rings is 1. The molecule has 0 atom stereocenters. The molecule has 0 aliphatic heterocycles. The number of para-hydroxylation sites is 1. The van der Waals surface area contributed by atoms with Gasteiger partial charge >= 0.3 is 0 Å². The van der Waals surface area contributed by atoms with E-state index in [0.29, 0.717) is 47.1 Å². The van der Waals surface area contributed by atoms with Gasteiger partial charge in [0.25, 0.3) is 11.1 Å². The summed E-state index contributed by atoms with van der Waals surface area (Å²) in [5, 5.41) is 0. The summed E-state index contributed by atoms with van der Waals surface area (Å²) in [6.45, 7) is 3.99. The van der Waals surface area contributed by atoms with Crippen LogP contribution in [0.5, 0.6) is 11.5 Å². The zero-order chi connectivity index (χ0) is 25.7. The number of methoxy groups -OCH3 is 2. The molecule has 0 saturated heterocycles. The summed E-state index contributed by atoms with van der Waals surface area (Å²) in [6.07, 6.45) is 4.70. The van der Waals surface area contributed by atoms with Crippen molar-refractivity contribution < 1.29 is 10.9 Å². The van der Waals surface area contributed by atoms with E-state index in [-0.39, 0.29) is 12.5 Å². The number of hydrogen-bond donors (Lipinski definition) is 0. The summed E-state index contributed by atoms with van der Waals surface area (Å²) in [4.78, 5) is 31.1. The van der Waals surface area contributed by atoms with E-state index < -0.39 is 0 Å². The Morgan fingerprint density at radius 2 is 1.61 bits per heavy atom. The van der Waals surface area contributed by atoms with Crippen molar-refractivity contribution >= 4 is 0 Å². The topological polar surface area (TPSA) is 75.4 Å². The molecule has 2 heterocycles. The second-order valence-electron chi connectivity index (χ2n) is 8.60. The first kappa shape index (κ1) is 25.0. The van der Waals surface area contributed by atoms with Gasteiger partial charge in [0.1, 0.15) is 23.0 Å². The van der Waals surface area contributed by atoms with Gasteiger partial charge in [0.2, 0.25) is 0 Å². The lowest BCUT2D eigenvalue weighted by Crippen LogP contribution is -2.29. The van der Waals surface area contributed by atoms with E-state index in [0.717, 1.165) is 24.1 Å². The molecule has 7 nitrogen and oxygen atoms in total. The van der Waals surface area contributed by atoms with Crippen molar-refractivity contribution in [2.24, 2.45) is 0 Å². The van der Waals surface area contributed by atoms with Gasteiger partial charge in [0.05, 0.1) is 14.2 Å². The average molecular weight is 488 g/mol.